The Morgan fingerprint density at radius 1 is 1.25 bits per heavy atom. The second-order valence-electron chi connectivity index (χ2n) is 5.72. The van der Waals surface area contributed by atoms with Crippen molar-refractivity contribution in [3.8, 4) is 5.75 Å². The summed E-state index contributed by atoms with van der Waals surface area (Å²) in [6.07, 6.45) is -3.17. The van der Waals surface area contributed by atoms with E-state index in [-0.39, 0.29) is 42.4 Å². The number of alkyl halides is 3. The number of hydrogen-bond donors (Lipinski definition) is 3. The zero-order chi connectivity index (χ0) is 20.5. The van der Waals surface area contributed by atoms with Crippen LogP contribution in [-0.2, 0) is 16.2 Å². The van der Waals surface area contributed by atoms with Crippen molar-refractivity contribution in [1.82, 2.24) is 15.4 Å². The summed E-state index contributed by atoms with van der Waals surface area (Å²) in [5.74, 6) is 0.565. The van der Waals surface area contributed by atoms with E-state index in [1.807, 2.05) is 6.92 Å². The lowest BCUT2D eigenvalue weighted by Gasteiger charge is -2.20. The molecule has 0 spiro atoms. The number of benzene rings is 1. The fourth-order valence-corrected chi connectivity index (χ4v) is 2.53. The van der Waals surface area contributed by atoms with E-state index < -0.39 is 21.8 Å². The first-order valence-electron chi connectivity index (χ1n) is 8.28. The molecule has 1 unspecified atom stereocenters. The van der Waals surface area contributed by atoms with Crippen LogP contribution in [0.25, 0.3) is 0 Å². The van der Waals surface area contributed by atoms with Crippen LogP contribution in [0, 0.1) is 0 Å². The number of halogens is 4. The summed E-state index contributed by atoms with van der Waals surface area (Å²) < 4.78 is 68.3. The van der Waals surface area contributed by atoms with E-state index in [4.69, 9.17) is 4.74 Å². The number of nitrogens with zero attached hydrogens (tertiary/aromatic N) is 1. The highest BCUT2D eigenvalue weighted by molar-refractivity contribution is 14.0. The van der Waals surface area contributed by atoms with E-state index in [1.165, 1.54) is 12.1 Å². The van der Waals surface area contributed by atoms with E-state index >= 15 is 0 Å². The van der Waals surface area contributed by atoms with Gasteiger partial charge in [0.05, 0.1) is 18.4 Å². The van der Waals surface area contributed by atoms with Crippen LogP contribution in [0.15, 0.2) is 29.3 Å². The van der Waals surface area contributed by atoms with Gasteiger partial charge in [0.15, 0.2) is 5.96 Å². The van der Waals surface area contributed by atoms with Gasteiger partial charge in [-0.25, -0.2) is 13.1 Å². The molecule has 1 rings (SSSR count). The molecule has 3 N–H and O–H groups in total. The number of hydrogen-bond acceptors (Lipinski definition) is 4. The first kappa shape index (κ1) is 26.7. The Kier molecular flexibility index (Phi) is 11.8. The lowest BCUT2D eigenvalue weighted by Crippen LogP contribution is -2.44. The van der Waals surface area contributed by atoms with Crippen LogP contribution in [0.3, 0.4) is 0 Å². The Bertz CT molecular complexity index is 730. The molecule has 0 fully saturated rings. The third kappa shape index (κ3) is 10.9. The number of ether oxygens (including phenoxy) is 1. The van der Waals surface area contributed by atoms with Crippen LogP contribution in [0.1, 0.15) is 18.9 Å². The monoisotopic (exact) mass is 538 g/mol. The van der Waals surface area contributed by atoms with E-state index in [1.54, 1.807) is 7.05 Å². The van der Waals surface area contributed by atoms with Crippen molar-refractivity contribution in [3.05, 3.63) is 29.8 Å². The first-order valence-corrected chi connectivity index (χ1v) is 10.2. The quantitative estimate of drug-likeness (QED) is 0.194. The van der Waals surface area contributed by atoms with Crippen molar-refractivity contribution in [1.29, 1.82) is 0 Å². The van der Waals surface area contributed by atoms with Crippen LogP contribution < -0.4 is 20.1 Å². The molecule has 12 heteroatoms. The van der Waals surface area contributed by atoms with Gasteiger partial charge in [-0.3, -0.25) is 4.99 Å². The summed E-state index contributed by atoms with van der Waals surface area (Å²) in [4.78, 5) is 3.99. The molecule has 0 aliphatic rings. The van der Waals surface area contributed by atoms with Crippen LogP contribution >= 0.6 is 24.0 Å². The zero-order valence-corrected chi connectivity index (χ0v) is 19.0. The van der Waals surface area contributed by atoms with Crippen LogP contribution in [0.5, 0.6) is 5.75 Å². The van der Waals surface area contributed by atoms with Crippen LogP contribution in [0.2, 0.25) is 0 Å². The van der Waals surface area contributed by atoms with Crippen molar-refractivity contribution in [2.45, 2.75) is 25.6 Å². The van der Waals surface area contributed by atoms with E-state index in [0.717, 1.165) is 18.4 Å². The van der Waals surface area contributed by atoms with Gasteiger partial charge in [-0.1, -0.05) is 13.0 Å². The van der Waals surface area contributed by atoms with Crippen molar-refractivity contribution in [2.24, 2.45) is 4.99 Å². The number of rotatable bonds is 9. The molecule has 1 atom stereocenters. The van der Waals surface area contributed by atoms with E-state index in [0.29, 0.717) is 25.5 Å². The SMILES string of the molecule is CCC(CNC(=NC)NCCNS(C)(=O)=O)Oc1cccc(C(F)(F)F)c1.I. The Labute approximate surface area is 180 Å². The van der Waals surface area contributed by atoms with E-state index in [2.05, 4.69) is 20.3 Å². The maximum atomic E-state index is 12.8. The van der Waals surface area contributed by atoms with Crippen LogP contribution in [0.4, 0.5) is 13.2 Å². The normalized spacial score (nSPS) is 13.4. The molecule has 0 amide bonds. The predicted octanol–water partition coefficient (Wildman–Crippen LogP) is 2.20. The highest BCUT2D eigenvalue weighted by atomic mass is 127. The standard InChI is InChI=1S/C16H25F3N4O3S.HI/c1-4-13(26-14-7-5-6-12(10-14)16(17,18)19)11-22-15(20-2)21-8-9-23-27(3,24)25;/h5-7,10,13,23H,4,8-9,11H2,1-3H3,(H2,20,21,22);1H. The highest BCUT2D eigenvalue weighted by Crippen LogP contribution is 2.31. The van der Waals surface area contributed by atoms with Crippen molar-refractivity contribution < 1.29 is 26.3 Å². The molecular weight excluding hydrogens is 512 g/mol. The fraction of sp³-hybridized carbons (Fsp3) is 0.562. The molecule has 0 bridgehead atoms. The van der Waals surface area contributed by atoms with Gasteiger partial charge in [0.1, 0.15) is 11.9 Å². The molecule has 1 aromatic carbocycles. The molecule has 0 saturated heterocycles. The highest BCUT2D eigenvalue weighted by Gasteiger charge is 2.30. The minimum absolute atomic E-state index is 0. The van der Waals surface area contributed by atoms with Gasteiger partial charge in [0.25, 0.3) is 0 Å². The van der Waals surface area contributed by atoms with Crippen LogP contribution in [-0.4, -0.2) is 53.4 Å². The Balaban J connectivity index is 0.00000729. The predicted molar refractivity (Wildman–Crippen MR) is 114 cm³/mol. The van der Waals surface area contributed by atoms with Crippen molar-refractivity contribution in [2.75, 3.05) is 32.9 Å². The van der Waals surface area contributed by atoms with Crippen molar-refractivity contribution in [3.63, 3.8) is 0 Å². The molecule has 162 valence electrons. The minimum Gasteiger partial charge on any atom is -0.489 e. The summed E-state index contributed by atoms with van der Waals surface area (Å²) in [7, 11) is -1.71. The molecule has 1 aromatic rings. The second kappa shape index (κ2) is 12.3. The number of nitrogens with one attached hydrogen (secondary N) is 3. The smallest absolute Gasteiger partial charge is 0.416 e. The molecule has 0 aliphatic carbocycles. The molecule has 0 heterocycles. The molecule has 0 aromatic heterocycles. The average Bonchev–Trinajstić information content (AvgIpc) is 2.58. The lowest BCUT2D eigenvalue weighted by molar-refractivity contribution is -0.137. The van der Waals surface area contributed by atoms with Gasteiger partial charge < -0.3 is 15.4 Å². The summed E-state index contributed by atoms with van der Waals surface area (Å²) in [6.45, 7) is 2.67. The molecule has 0 aliphatic heterocycles. The summed E-state index contributed by atoms with van der Waals surface area (Å²) in [5.41, 5.74) is -0.765. The summed E-state index contributed by atoms with van der Waals surface area (Å²) >= 11 is 0. The summed E-state index contributed by atoms with van der Waals surface area (Å²) in [6, 6.07) is 4.73. The Hall–Kier alpha value is -1.28. The Morgan fingerprint density at radius 2 is 1.93 bits per heavy atom. The van der Waals surface area contributed by atoms with Gasteiger partial charge in [-0.05, 0) is 24.6 Å². The topological polar surface area (TPSA) is 91.8 Å². The molecule has 0 radical (unpaired) electrons. The summed E-state index contributed by atoms with van der Waals surface area (Å²) in [5, 5.41) is 5.92. The number of aliphatic imine (C=N–C) groups is 1. The molecule has 0 saturated carbocycles. The third-order valence-corrected chi connectivity index (χ3v) is 4.15. The van der Waals surface area contributed by atoms with E-state index in [9.17, 15) is 21.6 Å². The minimum atomic E-state index is -4.43. The molecular formula is C16H26F3IN4O3S. The average molecular weight is 538 g/mol. The van der Waals surface area contributed by atoms with Gasteiger partial charge in [0, 0.05) is 20.1 Å². The molecule has 28 heavy (non-hydrogen) atoms. The maximum absolute atomic E-state index is 12.8. The van der Waals surface area contributed by atoms with Gasteiger partial charge >= 0.3 is 6.18 Å². The lowest BCUT2D eigenvalue weighted by atomic mass is 10.2. The van der Waals surface area contributed by atoms with Gasteiger partial charge in [0.2, 0.25) is 10.0 Å². The molecule has 7 nitrogen and oxygen atoms in total. The largest absolute Gasteiger partial charge is 0.489 e. The van der Waals surface area contributed by atoms with Gasteiger partial charge in [-0.15, -0.1) is 24.0 Å². The number of sulfonamides is 1. The zero-order valence-electron chi connectivity index (χ0n) is 15.8. The van der Waals surface area contributed by atoms with Gasteiger partial charge in [-0.2, -0.15) is 13.2 Å². The first-order chi connectivity index (χ1) is 12.5. The Morgan fingerprint density at radius 3 is 2.46 bits per heavy atom. The number of guanidine groups is 1. The fourth-order valence-electron chi connectivity index (χ4n) is 2.06. The maximum Gasteiger partial charge on any atom is 0.416 e. The van der Waals surface area contributed by atoms with Crippen molar-refractivity contribution >= 4 is 40.0 Å². The second-order valence-corrected chi connectivity index (χ2v) is 7.55. The third-order valence-electron chi connectivity index (χ3n) is 3.42.